The zero-order valence-electron chi connectivity index (χ0n) is 12.1. The van der Waals surface area contributed by atoms with Crippen molar-refractivity contribution in [3.63, 3.8) is 0 Å². The quantitative estimate of drug-likeness (QED) is 0.502. The summed E-state index contributed by atoms with van der Waals surface area (Å²) in [4.78, 5) is 21.9. The summed E-state index contributed by atoms with van der Waals surface area (Å²) in [5.41, 5.74) is 6.53. The normalized spacial score (nSPS) is 10.7. The van der Waals surface area contributed by atoms with E-state index in [0.717, 1.165) is 5.56 Å². The minimum atomic E-state index is -0.637. The number of nitrogens with zero attached hydrogens (tertiary/aromatic N) is 4. The number of nitro benzene ring substituents is 1. The maximum Gasteiger partial charge on any atom is 0.363 e. The summed E-state index contributed by atoms with van der Waals surface area (Å²) < 4.78 is 6.34. The minimum absolute atomic E-state index is 0.00323. The van der Waals surface area contributed by atoms with E-state index >= 15 is 0 Å². The summed E-state index contributed by atoms with van der Waals surface area (Å²) in [6, 6.07) is 5.95. The van der Waals surface area contributed by atoms with E-state index in [-0.39, 0.29) is 29.8 Å². The number of carbonyl (C=O) groups is 1. The van der Waals surface area contributed by atoms with Gasteiger partial charge in [0, 0.05) is 12.1 Å². The van der Waals surface area contributed by atoms with Crippen molar-refractivity contribution in [1.82, 2.24) is 15.0 Å². The van der Waals surface area contributed by atoms with E-state index in [1.165, 1.54) is 16.8 Å². The topological polar surface area (TPSA) is 126 Å². The molecule has 0 amide bonds. The maximum atomic E-state index is 11.8. The first-order chi connectivity index (χ1) is 10.4. The van der Waals surface area contributed by atoms with Gasteiger partial charge in [-0.1, -0.05) is 17.3 Å². The number of anilines is 1. The van der Waals surface area contributed by atoms with Crippen LogP contribution in [0.15, 0.2) is 24.3 Å². The Bertz CT molecular complexity index is 693. The molecule has 0 saturated carbocycles. The third-order valence-electron chi connectivity index (χ3n) is 2.79. The molecule has 0 spiro atoms. The highest BCUT2D eigenvalue weighted by Gasteiger charge is 2.20. The summed E-state index contributed by atoms with van der Waals surface area (Å²) in [6.45, 7) is 3.68. The van der Waals surface area contributed by atoms with Gasteiger partial charge in [-0.2, -0.15) is 0 Å². The maximum absolute atomic E-state index is 11.8. The lowest BCUT2D eigenvalue weighted by Gasteiger charge is -2.06. The van der Waals surface area contributed by atoms with Crippen LogP contribution in [0.3, 0.4) is 0 Å². The Balaban J connectivity index is 2.15. The summed E-state index contributed by atoms with van der Waals surface area (Å²) in [5.74, 6) is -0.550. The number of non-ortho nitro benzene ring substituents is 1. The fourth-order valence-electron chi connectivity index (χ4n) is 1.75. The Morgan fingerprint density at radius 3 is 2.59 bits per heavy atom. The second-order valence-corrected chi connectivity index (χ2v) is 4.86. The smallest absolute Gasteiger partial charge is 0.363 e. The third kappa shape index (κ3) is 3.37. The van der Waals surface area contributed by atoms with E-state index < -0.39 is 10.9 Å². The molecule has 0 saturated heterocycles. The first-order valence-electron chi connectivity index (χ1n) is 6.51. The van der Waals surface area contributed by atoms with Crippen LogP contribution in [0.1, 0.15) is 29.9 Å². The number of rotatable bonds is 5. The second kappa shape index (κ2) is 6.20. The molecule has 0 unspecified atom stereocenters. The molecule has 1 aromatic carbocycles. The van der Waals surface area contributed by atoms with Crippen LogP contribution in [-0.2, 0) is 11.3 Å². The van der Waals surface area contributed by atoms with Gasteiger partial charge in [0.2, 0.25) is 5.69 Å². The van der Waals surface area contributed by atoms with Gasteiger partial charge < -0.3 is 10.5 Å². The average Bonchev–Trinajstić information content (AvgIpc) is 2.80. The highest BCUT2D eigenvalue weighted by Crippen LogP contribution is 2.15. The predicted octanol–water partition coefficient (Wildman–Crippen LogP) is 1.38. The highest BCUT2D eigenvalue weighted by atomic mass is 16.6. The molecule has 2 N–H and O–H groups in total. The van der Waals surface area contributed by atoms with Crippen molar-refractivity contribution >= 4 is 17.5 Å². The first kappa shape index (κ1) is 15.4. The molecular weight excluding hydrogens is 290 g/mol. The monoisotopic (exact) mass is 305 g/mol. The average molecular weight is 305 g/mol. The van der Waals surface area contributed by atoms with Gasteiger partial charge in [-0.25, -0.2) is 9.48 Å². The molecule has 9 nitrogen and oxygen atoms in total. The van der Waals surface area contributed by atoms with Gasteiger partial charge in [-0.05, 0) is 19.4 Å². The van der Waals surface area contributed by atoms with Gasteiger partial charge in [0.1, 0.15) is 0 Å². The molecule has 2 aromatic rings. The molecule has 0 bridgehead atoms. The molecule has 0 atom stereocenters. The van der Waals surface area contributed by atoms with Crippen LogP contribution in [0.5, 0.6) is 0 Å². The van der Waals surface area contributed by atoms with Crippen molar-refractivity contribution in [2.24, 2.45) is 0 Å². The Hall–Kier alpha value is -2.97. The van der Waals surface area contributed by atoms with Crippen molar-refractivity contribution in [2.75, 3.05) is 5.73 Å². The molecule has 0 aliphatic heterocycles. The number of hydrogen-bond donors (Lipinski definition) is 1. The van der Waals surface area contributed by atoms with Crippen LogP contribution in [0.25, 0.3) is 0 Å². The number of ether oxygens (including phenoxy) is 1. The summed E-state index contributed by atoms with van der Waals surface area (Å²) in [7, 11) is 0. The number of carbonyl (C=O) groups excluding carboxylic acids is 1. The van der Waals surface area contributed by atoms with Gasteiger partial charge in [0.25, 0.3) is 5.69 Å². The molecule has 0 aliphatic carbocycles. The summed E-state index contributed by atoms with van der Waals surface area (Å²) in [6.07, 6.45) is -0.285. The van der Waals surface area contributed by atoms with Crippen molar-refractivity contribution in [1.29, 1.82) is 0 Å². The number of benzene rings is 1. The second-order valence-electron chi connectivity index (χ2n) is 4.86. The van der Waals surface area contributed by atoms with Crippen LogP contribution in [0.2, 0.25) is 0 Å². The lowest BCUT2D eigenvalue weighted by Crippen LogP contribution is -2.14. The SMILES string of the molecule is CC(C)OC(=O)c1nnn(Cc2ccc([N+](=O)[O-])cc2)c1N. The van der Waals surface area contributed by atoms with Crippen molar-refractivity contribution in [2.45, 2.75) is 26.5 Å². The Morgan fingerprint density at radius 1 is 1.41 bits per heavy atom. The molecule has 0 aliphatic rings. The first-order valence-corrected chi connectivity index (χ1v) is 6.51. The summed E-state index contributed by atoms with van der Waals surface area (Å²) in [5, 5.41) is 18.1. The van der Waals surface area contributed by atoms with E-state index in [4.69, 9.17) is 10.5 Å². The molecule has 1 heterocycles. The number of nitro groups is 1. The molecule has 116 valence electrons. The number of nitrogen functional groups attached to an aromatic ring is 1. The summed E-state index contributed by atoms with van der Waals surface area (Å²) >= 11 is 0. The van der Waals surface area contributed by atoms with Gasteiger partial charge in [0.05, 0.1) is 17.6 Å². The van der Waals surface area contributed by atoms with Crippen LogP contribution in [0, 0.1) is 10.1 Å². The van der Waals surface area contributed by atoms with Gasteiger partial charge in [0.15, 0.2) is 5.82 Å². The largest absolute Gasteiger partial charge is 0.458 e. The molecular formula is C13H15N5O4. The Kier molecular flexibility index (Phi) is 4.35. The fourth-order valence-corrected chi connectivity index (χ4v) is 1.75. The lowest BCUT2D eigenvalue weighted by molar-refractivity contribution is -0.384. The number of hydrogen-bond acceptors (Lipinski definition) is 7. The van der Waals surface area contributed by atoms with E-state index in [9.17, 15) is 14.9 Å². The molecule has 1 aromatic heterocycles. The van der Waals surface area contributed by atoms with Gasteiger partial charge >= 0.3 is 5.97 Å². The van der Waals surface area contributed by atoms with Crippen LogP contribution in [0.4, 0.5) is 11.5 Å². The Labute approximate surface area is 125 Å². The van der Waals surface area contributed by atoms with Crippen molar-refractivity contribution < 1.29 is 14.5 Å². The van der Waals surface area contributed by atoms with Gasteiger partial charge in [-0.15, -0.1) is 5.10 Å². The van der Waals surface area contributed by atoms with Crippen molar-refractivity contribution in [3.8, 4) is 0 Å². The number of aromatic nitrogens is 3. The van der Waals surface area contributed by atoms with Crippen LogP contribution in [-0.4, -0.2) is 32.0 Å². The molecule has 0 fully saturated rings. The molecule has 22 heavy (non-hydrogen) atoms. The molecule has 9 heteroatoms. The zero-order valence-corrected chi connectivity index (χ0v) is 12.1. The third-order valence-corrected chi connectivity index (χ3v) is 2.79. The fraction of sp³-hybridized carbons (Fsp3) is 0.308. The van der Waals surface area contributed by atoms with Crippen LogP contribution < -0.4 is 5.73 Å². The standard InChI is InChI=1S/C13H15N5O4/c1-8(2)22-13(19)11-12(14)17(16-15-11)7-9-3-5-10(6-4-9)18(20)21/h3-6,8H,7,14H2,1-2H3. The molecule has 2 rings (SSSR count). The number of nitrogens with two attached hydrogens (primary N) is 1. The Morgan fingerprint density at radius 2 is 2.05 bits per heavy atom. The van der Waals surface area contributed by atoms with E-state index in [1.54, 1.807) is 26.0 Å². The minimum Gasteiger partial charge on any atom is -0.458 e. The lowest BCUT2D eigenvalue weighted by atomic mass is 10.2. The van der Waals surface area contributed by atoms with Gasteiger partial charge in [-0.3, -0.25) is 10.1 Å². The van der Waals surface area contributed by atoms with Crippen molar-refractivity contribution in [3.05, 3.63) is 45.6 Å². The van der Waals surface area contributed by atoms with E-state index in [2.05, 4.69) is 10.3 Å². The van der Waals surface area contributed by atoms with E-state index in [0.29, 0.717) is 0 Å². The van der Waals surface area contributed by atoms with Crippen LogP contribution >= 0.6 is 0 Å². The molecule has 0 radical (unpaired) electrons. The van der Waals surface area contributed by atoms with E-state index in [1.807, 2.05) is 0 Å². The number of esters is 1. The zero-order chi connectivity index (χ0) is 16.3. The highest BCUT2D eigenvalue weighted by molar-refractivity contribution is 5.91. The predicted molar refractivity (Wildman–Crippen MR) is 77.2 cm³/mol.